The van der Waals surface area contributed by atoms with Gasteiger partial charge >= 0.3 is 12.1 Å². The Balaban J connectivity index is 1.27. The topological polar surface area (TPSA) is 105 Å². The van der Waals surface area contributed by atoms with Gasteiger partial charge in [0.2, 0.25) is 5.91 Å². The van der Waals surface area contributed by atoms with Crippen molar-refractivity contribution in [2.45, 2.75) is 44.6 Å². The van der Waals surface area contributed by atoms with Crippen LogP contribution < -0.4 is 10.6 Å². The van der Waals surface area contributed by atoms with Gasteiger partial charge in [-0.25, -0.2) is 4.79 Å². The van der Waals surface area contributed by atoms with Crippen LogP contribution in [0, 0.1) is 11.8 Å². The Bertz CT molecular complexity index is 991. The maximum Gasteiger partial charge on any atom is 0.407 e. The van der Waals surface area contributed by atoms with Crippen molar-refractivity contribution in [1.82, 2.24) is 10.6 Å². The van der Waals surface area contributed by atoms with E-state index in [1.807, 2.05) is 24.3 Å². The van der Waals surface area contributed by atoms with Gasteiger partial charge in [0.15, 0.2) is 0 Å². The van der Waals surface area contributed by atoms with Crippen LogP contribution in [0.4, 0.5) is 4.79 Å². The maximum absolute atomic E-state index is 12.5. The van der Waals surface area contributed by atoms with E-state index in [1.54, 1.807) is 6.92 Å². The van der Waals surface area contributed by atoms with Gasteiger partial charge in [0.1, 0.15) is 6.61 Å². The van der Waals surface area contributed by atoms with Gasteiger partial charge in [-0.05, 0) is 35.1 Å². The summed E-state index contributed by atoms with van der Waals surface area (Å²) in [5.74, 6) is -2.20. The van der Waals surface area contributed by atoms with Crippen LogP contribution in [0.25, 0.3) is 11.1 Å². The molecule has 2 aromatic carbocycles. The standard InChI is InChI=1S/C26H30N2O5/c1-16(24(29)28-23-13-7-6-12-21(23)25(30)31)14-27-26(32)33-15-22-19-10-4-2-8-17(19)18-9-3-5-11-20(18)22/h2-5,8-11,16,21-23H,6-7,12-15H2,1H3,(H,27,32)(H,28,29)(H,30,31). The third kappa shape index (κ3) is 5.02. The zero-order valence-corrected chi connectivity index (χ0v) is 18.8. The van der Waals surface area contributed by atoms with Gasteiger partial charge in [-0.3, -0.25) is 9.59 Å². The second kappa shape index (κ2) is 10.1. The molecule has 0 saturated heterocycles. The Morgan fingerprint density at radius 3 is 2.24 bits per heavy atom. The van der Waals surface area contributed by atoms with E-state index in [2.05, 4.69) is 34.9 Å². The van der Waals surface area contributed by atoms with E-state index in [9.17, 15) is 19.5 Å². The molecule has 0 spiro atoms. The van der Waals surface area contributed by atoms with Crippen molar-refractivity contribution in [3.05, 3.63) is 59.7 Å². The van der Waals surface area contributed by atoms with Crippen LogP contribution in [0.2, 0.25) is 0 Å². The molecule has 3 atom stereocenters. The Kier molecular flexibility index (Phi) is 6.96. The third-order valence-corrected chi connectivity index (χ3v) is 6.75. The van der Waals surface area contributed by atoms with Crippen LogP contribution in [0.15, 0.2) is 48.5 Å². The predicted octanol–water partition coefficient (Wildman–Crippen LogP) is 3.92. The lowest BCUT2D eigenvalue weighted by molar-refractivity contribution is -0.144. The first-order chi connectivity index (χ1) is 16.0. The zero-order valence-electron chi connectivity index (χ0n) is 18.8. The normalized spacial score (nSPS) is 20.3. The highest BCUT2D eigenvalue weighted by atomic mass is 16.5. The molecule has 2 aromatic rings. The number of hydrogen-bond acceptors (Lipinski definition) is 4. The Morgan fingerprint density at radius 1 is 1.00 bits per heavy atom. The number of carboxylic acids is 1. The van der Waals surface area contributed by atoms with E-state index in [0.29, 0.717) is 12.8 Å². The molecule has 2 aliphatic rings. The molecule has 7 heteroatoms. The number of carbonyl (C=O) groups is 3. The number of ether oxygens (including phenoxy) is 1. The van der Waals surface area contributed by atoms with E-state index < -0.39 is 23.9 Å². The van der Waals surface area contributed by atoms with Gasteiger partial charge in [-0.15, -0.1) is 0 Å². The molecule has 0 aliphatic heterocycles. The number of rotatable bonds is 7. The lowest BCUT2D eigenvalue weighted by atomic mass is 9.84. The van der Waals surface area contributed by atoms with E-state index in [-0.39, 0.29) is 31.0 Å². The summed E-state index contributed by atoms with van der Waals surface area (Å²) in [6.07, 6.45) is 2.43. The van der Waals surface area contributed by atoms with Gasteiger partial charge in [-0.2, -0.15) is 0 Å². The summed E-state index contributed by atoms with van der Waals surface area (Å²) in [7, 11) is 0. The summed E-state index contributed by atoms with van der Waals surface area (Å²) in [6, 6.07) is 15.9. The second-order valence-corrected chi connectivity index (χ2v) is 8.95. The second-order valence-electron chi connectivity index (χ2n) is 8.95. The van der Waals surface area contributed by atoms with Crippen molar-refractivity contribution in [1.29, 1.82) is 0 Å². The molecule has 2 aliphatic carbocycles. The fraction of sp³-hybridized carbons (Fsp3) is 0.423. The monoisotopic (exact) mass is 450 g/mol. The lowest BCUT2D eigenvalue weighted by Gasteiger charge is -2.30. The zero-order chi connectivity index (χ0) is 23.4. The quantitative estimate of drug-likeness (QED) is 0.593. The SMILES string of the molecule is CC(CNC(=O)OCC1c2ccccc2-c2ccccc21)C(=O)NC1CCCCC1C(=O)O. The number of aliphatic carboxylic acids is 1. The minimum atomic E-state index is -0.871. The number of benzene rings is 2. The fourth-order valence-electron chi connectivity index (χ4n) is 4.90. The number of nitrogens with one attached hydrogen (secondary N) is 2. The van der Waals surface area contributed by atoms with Crippen LogP contribution in [-0.2, 0) is 14.3 Å². The van der Waals surface area contributed by atoms with E-state index in [4.69, 9.17) is 4.74 Å². The lowest BCUT2D eigenvalue weighted by Crippen LogP contribution is -2.48. The summed E-state index contributed by atoms with van der Waals surface area (Å²) < 4.78 is 5.51. The number of carboxylic acid groups (broad SMARTS) is 1. The van der Waals surface area contributed by atoms with Crippen LogP contribution >= 0.6 is 0 Å². The van der Waals surface area contributed by atoms with Gasteiger partial charge in [0, 0.05) is 18.5 Å². The van der Waals surface area contributed by atoms with E-state index in [0.717, 1.165) is 35.1 Å². The van der Waals surface area contributed by atoms with Gasteiger partial charge in [-0.1, -0.05) is 68.3 Å². The first kappa shape index (κ1) is 22.8. The molecule has 2 amide bonds. The van der Waals surface area contributed by atoms with E-state index >= 15 is 0 Å². The third-order valence-electron chi connectivity index (χ3n) is 6.75. The first-order valence-electron chi connectivity index (χ1n) is 11.6. The van der Waals surface area contributed by atoms with Crippen molar-refractivity contribution >= 4 is 18.0 Å². The smallest absolute Gasteiger partial charge is 0.407 e. The molecule has 3 unspecified atom stereocenters. The Labute approximate surface area is 193 Å². The predicted molar refractivity (Wildman–Crippen MR) is 124 cm³/mol. The Hall–Kier alpha value is -3.35. The van der Waals surface area contributed by atoms with Crippen LogP contribution in [-0.4, -0.2) is 42.3 Å². The minimum absolute atomic E-state index is 0.0249. The fourth-order valence-corrected chi connectivity index (χ4v) is 4.90. The molecule has 4 rings (SSSR count). The molecule has 7 nitrogen and oxygen atoms in total. The van der Waals surface area contributed by atoms with Crippen molar-refractivity contribution in [2.75, 3.05) is 13.2 Å². The highest BCUT2D eigenvalue weighted by molar-refractivity contribution is 5.81. The van der Waals surface area contributed by atoms with Gasteiger partial charge in [0.05, 0.1) is 11.8 Å². The summed E-state index contributed by atoms with van der Waals surface area (Å²) >= 11 is 0. The molecule has 33 heavy (non-hydrogen) atoms. The van der Waals surface area contributed by atoms with Crippen LogP contribution in [0.3, 0.4) is 0 Å². The largest absolute Gasteiger partial charge is 0.481 e. The molecule has 0 bridgehead atoms. The molecule has 1 saturated carbocycles. The summed E-state index contributed by atoms with van der Waals surface area (Å²) in [4.78, 5) is 36.3. The Morgan fingerprint density at radius 2 is 1.61 bits per heavy atom. The number of carbonyl (C=O) groups excluding carboxylic acids is 2. The van der Waals surface area contributed by atoms with Crippen molar-refractivity contribution in [2.24, 2.45) is 11.8 Å². The average Bonchev–Trinajstić information content (AvgIpc) is 3.15. The van der Waals surface area contributed by atoms with Gasteiger partial charge in [0.25, 0.3) is 0 Å². The molecule has 1 fully saturated rings. The summed E-state index contributed by atoms with van der Waals surface area (Å²) in [5.41, 5.74) is 4.60. The van der Waals surface area contributed by atoms with Crippen molar-refractivity contribution in [3.63, 3.8) is 0 Å². The highest BCUT2D eigenvalue weighted by Crippen LogP contribution is 2.44. The van der Waals surface area contributed by atoms with Crippen LogP contribution in [0.5, 0.6) is 0 Å². The van der Waals surface area contributed by atoms with Crippen molar-refractivity contribution in [3.8, 4) is 11.1 Å². The molecule has 0 heterocycles. The minimum Gasteiger partial charge on any atom is -0.481 e. The molecular formula is C26H30N2O5. The number of fused-ring (bicyclic) bond motifs is 3. The van der Waals surface area contributed by atoms with E-state index in [1.165, 1.54) is 0 Å². The van der Waals surface area contributed by atoms with Crippen LogP contribution in [0.1, 0.15) is 49.7 Å². The number of alkyl carbamates (subject to hydrolysis) is 1. The molecule has 3 N–H and O–H groups in total. The maximum atomic E-state index is 12.5. The highest BCUT2D eigenvalue weighted by Gasteiger charge is 2.33. The van der Waals surface area contributed by atoms with Gasteiger partial charge < -0.3 is 20.5 Å². The molecule has 0 radical (unpaired) electrons. The van der Waals surface area contributed by atoms with Crippen molar-refractivity contribution < 1.29 is 24.2 Å². The molecule has 174 valence electrons. The number of amides is 2. The average molecular weight is 451 g/mol. The molecule has 0 aromatic heterocycles. The summed E-state index contributed by atoms with van der Waals surface area (Å²) in [6.45, 7) is 2.04. The first-order valence-corrected chi connectivity index (χ1v) is 11.6. The number of hydrogen-bond donors (Lipinski definition) is 3. The summed E-state index contributed by atoms with van der Waals surface area (Å²) in [5, 5.41) is 14.9. The molecular weight excluding hydrogens is 420 g/mol.